The summed E-state index contributed by atoms with van der Waals surface area (Å²) in [5.74, 6) is -0.0791. The summed E-state index contributed by atoms with van der Waals surface area (Å²) in [6, 6.07) is 0. The summed E-state index contributed by atoms with van der Waals surface area (Å²) in [4.78, 5) is 10.9. The van der Waals surface area contributed by atoms with Crippen molar-refractivity contribution in [2.75, 3.05) is 0 Å². The number of hydrogen-bond acceptors (Lipinski definition) is 1. The van der Waals surface area contributed by atoms with E-state index in [1.165, 1.54) is 0 Å². The van der Waals surface area contributed by atoms with Gasteiger partial charge in [0.15, 0.2) is 0 Å². The molecule has 0 saturated heterocycles. The molecular formula is C12H22O2. The van der Waals surface area contributed by atoms with Gasteiger partial charge in [-0.25, -0.2) is 0 Å². The molecule has 0 amide bonds. The van der Waals surface area contributed by atoms with Crippen LogP contribution in [0.4, 0.5) is 0 Å². The van der Waals surface area contributed by atoms with E-state index in [9.17, 15) is 4.79 Å². The van der Waals surface area contributed by atoms with Crippen LogP contribution < -0.4 is 0 Å². The number of carboxylic acid groups (broad SMARTS) is 1. The first kappa shape index (κ1) is 13.2. The molecular weight excluding hydrogens is 176 g/mol. The Morgan fingerprint density at radius 3 is 2.29 bits per heavy atom. The Labute approximate surface area is 87.0 Å². The van der Waals surface area contributed by atoms with Crippen LogP contribution in [0.25, 0.3) is 0 Å². The van der Waals surface area contributed by atoms with Crippen molar-refractivity contribution in [2.24, 2.45) is 17.8 Å². The first-order valence-electron chi connectivity index (χ1n) is 5.32. The molecule has 14 heavy (non-hydrogen) atoms. The Hall–Kier alpha value is -0.790. The van der Waals surface area contributed by atoms with Gasteiger partial charge in [-0.05, 0) is 31.1 Å². The fourth-order valence-corrected chi connectivity index (χ4v) is 1.61. The van der Waals surface area contributed by atoms with Crippen molar-refractivity contribution < 1.29 is 9.90 Å². The standard InChI is InChI=1S/C12H22O2/c1-5-6-10(4)7-8-11(9(2)3)12(13)14/h5,9-11H,1,6-8H2,2-4H3,(H,13,14). The van der Waals surface area contributed by atoms with E-state index in [-0.39, 0.29) is 11.8 Å². The number of rotatable bonds is 7. The van der Waals surface area contributed by atoms with Gasteiger partial charge in [0.25, 0.3) is 0 Å². The molecule has 0 aromatic rings. The van der Waals surface area contributed by atoms with Crippen LogP contribution in [-0.4, -0.2) is 11.1 Å². The van der Waals surface area contributed by atoms with Gasteiger partial charge in [0.2, 0.25) is 0 Å². The van der Waals surface area contributed by atoms with Crippen molar-refractivity contribution in [1.29, 1.82) is 0 Å². The van der Waals surface area contributed by atoms with Crippen molar-refractivity contribution >= 4 is 5.97 Å². The van der Waals surface area contributed by atoms with E-state index >= 15 is 0 Å². The molecule has 0 aliphatic heterocycles. The lowest BCUT2D eigenvalue weighted by Gasteiger charge is -2.17. The van der Waals surface area contributed by atoms with Gasteiger partial charge >= 0.3 is 5.97 Å². The zero-order valence-electron chi connectivity index (χ0n) is 9.49. The lowest BCUT2D eigenvalue weighted by atomic mass is 9.88. The van der Waals surface area contributed by atoms with E-state index in [4.69, 9.17) is 5.11 Å². The van der Waals surface area contributed by atoms with Crippen molar-refractivity contribution in [2.45, 2.75) is 40.0 Å². The minimum absolute atomic E-state index is 0.192. The van der Waals surface area contributed by atoms with E-state index in [1.807, 2.05) is 19.9 Å². The molecule has 0 heterocycles. The second-order valence-corrected chi connectivity index (χ2v) is 4.40. The highest BCUT2D eigenvalue weighted by molar-refractivity contribution is 5.70. The number of carbonyl (C=O) groups is 1. The zero-order chi connectivity index (χ0) is 11.1. The van der Waals surface area contributed by atoms with Crippen molar-refractivity contribution in [3.05, 3.63) is 12.7 Å². The molecule has 0 spiro atoms. The van der Waals surface area contributed by atoms with Crippen LogP contribution in [0.3, 0.4) is 0 Å². The minimum atomic E-state index is -0.661. The predicted molar refractivity (Wildman–Crippen MR) is 59.2 cm³/mol. The van der Waals surface area contributed by atoms with E-state index < -0.39 is 5.97 Å². The summed E-state index contributed by atoms with van der Waals surface area (Å²) in [6.45, 7) is 9.76. The largest absolute Gasteiger partial charge is 0.481 e. The number of allylic oxidation sites excluding steroid dienone is 1. The summed E-state index contributed by atoms with van der Waals surface area (Å²) in [6.07, 6.45) is 4.63. The molecule has 2 heteroatoms. The van der Waals surface area contributed by atoms with Crippen LogP contribution in [0, 0.1) is 17.8 Å². The van der Waals surface area contributed by atoms with Crippen molar-refractivity contribution in [1.82, 2.24) is 0 Å². The van der Waals surface area contributed by atoms with Gasteiger partial charge in [0, 0.05) is 0 Å². The van der Waals surface area contributed by atoms with Crippen LogP contribution >= 0.6 is 0 Å². The molecule has 82 valence electrons. The van der Waals surface area contributed by atoms with Gasteiger partial charge in [-0.3, -0.25) is 4.79 Å². The first-order valence-corrected chi connectivity index (χ1v) is 5.32. The lowest BCUT2D eigenvalue weighted by Crippen LogP contribution is -2.20. The zero-order valence-corrected chi connectivity index (χ0v) is 9.49. The molecule has 1 N–H and O–H groups in total. The third kappa shape index (κ3) is 5.05. The van der Waals surface area contributed by atoms with Gasteiger partial charge in [-0.1, -0.05) is 26.8 Å². The average Bonchev–Trinajstić information content (AvgIpc) is 2.03. The Morgan fingerprint density at radius 2 is 1.93 bits per heavy atom. The van der Waals surface area contributed by atoms with Crippen LogP contribution in [0.2, 0.25) is 0 Å². The molecule has 0 aromatic heterocycles. The number of aliphatic carboxylic acids is 1. The molecule has 0 radical (unpaired) electrons. The van der Waals surface area contributed by atoms with Gasteiger partial charge in [0.1, 0.15) is 0 Å². The molecule has 0 aliphatic carbocycles. The van der Waals surface area contributed by atoms with E-state index in [2.05, 4.69) is 13.5 Å². The highest BCUT2D eigenvalue weighted by Gasteiger charge is 2.21. The second-order valence-electron chi connectivity index (χ2n) is 4.40. The Bertz CT molecular complexity index is 185. The Kier molecular flexibility index (Phi) is 6.26. The Balaban J connectivity index is 3.93. The highest BCUT2D eigenvalue weighted by Crippen LogP contribution is 2.21. The summed E-state index contributed by atoms with van der Waals surface area (Å²) in [5.41, 5.74) is 0. The maximum atomic E-state index is 10.9. The molecule has 0 saturated carbocycles. The molecule has 2 nitrogen and oxygen atoms in total. The molecule has 2 unspecified atom stereocenters. The predicted octanol–water partition coefficient (Wildman–Crippen LogP) is 3.34. The van der Waals surface area contributed by atoms with Crippen LogP contribution in [0.1, 0.15) is 40.0 Å². The monoisotopic (exact) mass is 198 g/mol. The summed E-state index contributed by atoms with van der Waals surface area (Å²) in [5, 5.41) is 8.97. The second kappa shape index (κ2) is 6.63. The van der Waals surface area contributed by atoms with Gasteiger partial charge in [-0.2, -0.15) is 0 Å². The number of carboxylic acids is 1. The van der Waals surface area contributed by atoms with Gasteiger partial charge in [0.05, 0.1) is 5.92 Å². The third-order valence-electron chi connectivity index (χ3n) is 2.66. The molecule has 0 aliphatic rings. The average molecular weight is 198 g/mol. The molecule has 0 rings (SSSR count). The van der Waals surface area contributed by atoms with Crippen LogP contribution in [-0.2, 0) is 4.79 Å². The topological polar surface area (TPSA) is 37.3 Å². The van der Waals surface area contributed by atoms with Crippen LogP contribution in [0.5, 0.6) is 0 Å². The molecule has 2 atom stereocenters. The third-order valence-corrected chi connectivity index (χ3v) is 2.66. The molecule has 0 aromatic carbocycles. The lowest BCUT2D eigenvalue weighted by molar-refractivity contribution is -0.143. The maximum absolute atomic E-state index is 10.9. The maximum Gasteiger partial charge on any atom is 0.306 e. The smallest absolute Gasteiger partial charge is 0.306 e. The van der Waals surface area contributed by atoms with Gasteiger partial charge < -0.3 is 5.11 Å². The molecule has 0 bridgehead atoms. The molecule has 0 fully saturated rings. The highest BCUT2D eigenvalue weighted by atomic mass is 16.4. The first-order chi connectivity index (χ1) is 6.49. The van der Waals surface area contributed by atoms with Crippen molar-refractivity contribution in [3.63, 3.8) is 0 Å². The SMILES string of the molecule is C=CCC(C)CCC(C(=O)O)C(C)C. The quantitative estimate of drug-likeness (QED) is 0.637. The fraction of sp³-hybridized carbons (Fsp3) is 0.750. The van der Waals surface area contributed by atoms with Crippen LogP contribution in [0.15, 0.2) is 12.7 Å². The summed E-state index contributed by atoms with van der Waals surface area (Å²) < 4.78 is 0. The summed E-state index contributed by atoms with van der Waals surface area (Å²) in [7, 11) is 0. The summed E-state index contributed by atoms with van der Waals surface area (Å²) >= 11 is 0. The van der Waals surface area contributed by atoms with Gasteiger partial charge in [-0.15, -0.1) is 6.58 Å². The van der Waals surface area contributed by atoms with Crippen molar-refractivity contribution in [3.8, 4) is 0 Å². The number of hydrogen-bond donors (Lipinski definition) is 1. The normalized spacial score (nSPS) is 15.1. The minimum Gasteiger partial charge on any atom is -0.481 e. The van der Waals surface area contributed by atoms with E-state index in [0.717, 1.165) is 19.3 Å². The Morgan fingerprint density at radius 1 is 1.36 bits per heavy atom. The fourth-order valence-electron chi connectivity index (χ4n) is 1.61. The van der Waals surface area contributed by atoms with E-state index in [1.54, 1.807) is 0 Å². The van der Waals surface area contributed by atoms with E-state index in [0.29, 0.717) is 5.92 Å².